The van der Waals surface area contributed by atoms with E-state index < -0.39 is 0 Å². The van der Waals surface area contributed by atoms with Crippen LogP contribution >= 0.6 is 0 Å². The largest absolute Gasteiger partial charge is 0.384 e. The number of likely N-dealkylation sites (tertiary alicyclic amines) is 2. The molecule has 0 aromatic rings. The van der Waals surface area contributed by atoms with Crippen molar-refractivity contribution in [3.05, 3.63) is 0 Å². The fourth-order valence-electron chi connectivity index (χ4n) is 3.99. The van der Waals surface area contributed by atoms with Crippen LogP contribution < -0.4 is 0 Å². The van der Waals surface area contributed by atoms with Gasteiger partial charge in [0.1, 0.15) is 5.60 Å². The van der Waals surface area contributed by atoms with E-state index in [-0.39, 0.29) is 11.5 Å². The Morgan fingerprint density at radius 3 is 2.68 bits per heavy atom. The fraction of sp³-hybridized carbons (Fsp3) is 0.941. The molecule has 3 rings (SSSR count). The summed E-state index contributed by atoms with van der Waals surface area (Å²) >= 11 is 0. The minimum absolute atomic E-state index is 0.0267. The molecule has 126 valence electrons. The summed E-state index contributed by atoms with van der Waals surface area (Å²) in [6, 6.07) is 0. The number of amides is 1. The molecule has 0 saturated carbocycles. The van der Waals surface area contributed by atoms with Gasteiger partial charge in [0.05, 0.1) is 32.7 Å². The van der Waals surface area contributed by atoms with Crippen molar-refractivity contribution >= 4 is 5.91 Å². The first-order valence-corrected chi connectivity index (χ1v) is 8.84. The Labute approximate surface area is 133 Å². The molecule has 5 heteroatoms. The first-order valence-electron chi connectivity index (χ1n) is 8.84. The van der Waals surface area contributed by atoms with E-state index in [0.717, 1.165) is 26.1 Å². The van der Waals surface area contributed by atoms with Crippen LogP contribution in [0.2, 0.25) is 0 Å². The van der Waals surface area contributed by atoms with Crippen molar-refractivity contribution in [2.75, 3.05) is 53.0 Å². The summed E-state index contributed by atoms with van der Waals surface area (Å²) < 4.78 is 11.2. The second kappa shape index (κ2) is 7.28. The molecule has 22 heavy (non-hydrogen) atoms. The lowest BCUT2D eigenvalue weighted by Crippen LogP contribution is -2.66. The molecule has 1 atom stereocenters. The third-order valence-electron chi connectivity index (χ3n) is 5.43. The maximum absolute atomic E-state index is 11.9. The van der Waals surface area contributed by atoms with E-state index in [2.05, 4.69) is 4.90 Å². The first kappa shape index (κ1) is 16.2. The van der Waals surface area contributed by atoms with E-state index in [1.807, 2.05) is 4.90 Å². The summed E-state index contributed by atoms with van der Waals surface area (Å²) in [5.74, 6) is 0.883. The third-order valence-corrected chi connectivity index (χ3v) is 5.43. The lowest BCUT2D eigenvalue weighted by molar-refractivity contribution is -0.190. The topological polar surface area (TPSA) is 42.0 Å². The molecular formula is C17H30N2O3. The van der Waals surface area contributed by atoms with E-state index in [0.29, 0.717) is 18.9 Å². The average molecular weight is 310 g/mol. The highest BCUT2D eigenvalue weighted by Gasteiger charge is 2.48. The summed E-state index contributed by atoms with van der Waals surface area (Å²) in [5.41, 5.74) is -0.0267. The molecular weight excluding hydrogens is 280 g/mol. The summed E-state index contributed by atoms with van der Waals surface area (Å²) in [4.78, 5) is 16.4. The highest BCUT2D eigenvalue weighted by molar-refractivity contribution is 5.77. The molecule has 3 saturated heterocycles. The number of hydrogen-bond donors (Lipinski definition) is 0. The number of rotatable bonds is 5. The van der Waals surface area contributed by atoms with Gasteiger partial charge in [0.25, 0.3) is 0 Å². The SMILES string of the molecule is COCCC(=O)N1CC2(CC[C@@H](CN3CCCCC3)CO2)C1. The van der Waals surface area contributed by atoms with Crippen LogP contribution in [0.5, 0.6) is 0 Å². The van der Waals surface area contributed by atoms with Crippen molar-refractivity contribution in [3.63, 3.8) is 0 Å². The van der Waals surface area contributed by atoms with Gasteiger partial charge in [-0.2, -0.15) is 0 Å². The number of carbonyl (C=O) groups excluding carboxylic acids is 1. The molecule has 0 aliphatic carbocycles. The lowest BCUT2D eigenvalue weighted by Gasteiger charge is -2.53. The average Bonchev–Trinajstić information content (AvgIpc) is 2.52. The molecule has 0 bridgehead atoms. The van der Waals surface area contributed by atoms with Gasteiger partial charge in [0, 0.05) is 13.7 Å². The highest BCUT2D eigenvalue weighted by atomic mass is 16.5. The van der Waals surface area contributed by atoms with Crippen LogP contribution in [0, 0.1) is 5.92 Å². The Bertz CT molecular complexity index is 366. The third kappa shape index (κ3) is 3.81. The van der Waals surface area contributed by atoms with Crippen molar-refractivity contribution < 1.29 is 14.3 Å². The molecule has 3 heterocycles. The van der Waals surface area contributed by atoms with Gasteiger partial charge in [-0.1, -0.05) is 6.42 Å². The van der Waals surface area contributed by atoms with E-state index in [1.54, 1.807) is 7.11 Å². The minimum Gasteiger partial charge on any atom is -0.384 e. The van der Waals surface area contributed by atoms with Crippen molar-refractivity contribution in [1.82, 2.24) is 9.80 Å². The standard InChI is InChI=1S/C17H30N2O3/c1-21-10-6-16(20)19-13-17(14-19)7-5-15(12-22-17)11-18-8-3-2-4-9-18/h15H,2-14H2,1H3/t15-/m0/s1. The zero-order valence-electron chi connectivity index (χ0n) is 13.9. The van der Waals surface area contributed by atoms with Crippen LogP contribution in [0.3, 0.4) is 0 Å². The first-order chi connectivity index (χ1) is 10.7. The second-order valence-electron chi connectivity index (χ2n) is 7.25. The van der Waals surface area contributed by atoms with Crippen LogP contribution in [0.1, 0.15) is 38.5 Å². The van der Waals surface area contributed by atoms with Crippen molar-refractivity contribution in [3.8, 4) is 0 Å². The molecule has 0 radical (unpaired) electrons. The molecule has 1 amide bonds. The maximum Gasteiger partial charge on any atom is 0.225 e. The van der Waals surface area contributed by atoms with Gasteiger partial charge in [-0.25, -0.2) is 0 Å². The molecule has 3 aliphatic heterocycles. The number of hydrogen-bond acceptors (Lipinski definition) is 4. The monoisotopic (exact) mass is 310 g/mol. The Balaban J connectivity index is 1.36. The van der Waals surface area contributed by atoms with Crippen LogP contribution in [0.15, 0.2) is 0 Å². The smallest absolute Gasteiger partial charge is 0.225 e. The van der Waals surface area contributed by atoms with Crippen LogP contribution in [0.25, 0.3) is 0 Å². The van der Waals surface area contributed by atoms with E-state index in [9.17, 15) is 4.79 Å². The second-order valence-corrected chi connectivity index (χ2v) is 7.25. The Hall–Kier alpha value is -0.650. The lowest BCUT2D eigenvalue weighted by atomic mass is 9.82. The maximum atomic E-state index is 11.9. The predicted molar refractivity (Wildman–Crippen MR) is 84.8 cm³/mol. The van der Waals surface area contributed by atoms with Crippen molar-refractivity contribution in [2.24, 2.45) is 5.92 Å². The van der Waals surface area contributed by atoms with Crippen LogP contribution in [0.4, 0.5) is 0 Å². The number of methoxy groups -OCH3 is 1. The predicted octanol–water partition coefficient (Wildman–Crippen LogP) is 1.52. The quantitative estimate of drug-likeness (QED) is 0.772. The molecule has 0 unspecified atom stereocenters. The van der Waals surface area contributed by atoms with Gasteiger partial charge in [-0.05, 0) is 44.7 Å². The van der Waals surface area contributed by atoms with Gasteiger partial charge in [0.15, 0.2) is 0 Å². The number of piperidine rings is 1. The summed E-state index contributed by atoms with van der Waals surface area (Å²) in [6.45, 7) is 6.69. The Kier molecular flexibility index (Phi) is 5.37. The Morgan fingerprint density at radius 1 is 1.27 bits per heavy atom. The van der Waals surface area contributed by atoms with Gasteiger partial charge >= 0.3 is 0 Å². The molecule has 0 aromatic heterocycles. The van der Waals surface area contributed by atoms with Gasteiger partial charge in [-0.3, -0.25) is 4.79 Å². The summed E-state index contributed by atoms with van der Waals surface area (Å²) in [6.07, 6.45) is 6.96. The van der Waals surface area contributed by atoms with Gasteiger partial charge in [0.2, 0.25) is 5.91 Å². The minimum atomic E-state index is -0.0267. The summed E-state index contributed by atoms with van der Waals surface area (Å²) in [7, 11) is 1.64. The molecule has 0 aromatic carbocycles. The number of carbonyl (C=O) groups is 1. The van der Waals surface area contributed by atoms with Gasteiger partial charge < -0.3 is 19.3 Å². The van der Waals surface area contributed by atoms with Crippen molar-refractivity contribution in [2.45, 2.75) is 44.1 Å². The van der Waals surface area contributed by atoms with E-state index >= 15 is 0 Å². The fourth-order valence-corrected chi connectivity index (χ4v) is 3.99. The van der Waals surface area contributed by atoms with Crippen molar-refractivity contribution in [1.29, 1.82) is 0 Å². The Morgan fingerprint density at radius 2 is 2.05 bits per heavy atom. The van der Waals surface area contributed by atoms with Gasteiger partial charge in [-0.15, -0.1) is 0 Å². The molecule has 3 fully saturated rings. The normalized spacial score (nSPS) is 28.6. The zero-order chi connectivity index (χ0) is 15.4. The molecule has 0 N–H and O–H groups in total. The van der Waals surface area contributed by atoms with Crippen LogP contribution in [-0.4, -0.2) is 74.4 Å². The summed E-state index contributed by atoms with van der Waals surface area (Å²) in [5, 5.41) is 0. The number of ether oxygens (including phenoxy) is 2. The van der Waals surface area contributed by atoms with E-state index in [4.69, 9.17) is 9.47 Å². The van der Waals surface area contributed by atoms with E-state index in [1.165, 1.54) is 45.3 Å². The van der Waals surface area contributed by atoms with Crippen LogP contribution in [-0.2, 0) is 14.3 Å². The molecule has 3 aliphatic rings. The molecule has 1 spiro atoms. The zero-order valence-corrected chi connectivity index (χ0v) is 13.9. The molecule has 5 nitrogen and oxygen atoms in total. The highest BCUT2D eigenvalue weighted by Crippen LogP contribution is 2.36. The number of nitrogens with zero attached hydrogens (tertiary/aromatic N) is 2.